The Morgan fingerprint density at radius 3 is 2.08 bits per heavy atom. The zero-order chi connectivity index (χ0) is 62.4. The van der Waals surface area contributed by atoms with Crippen molar-refractivity contribution in [2.45, 2.75) is 110 Å². The first-order chi connectivity index (χ1) is 42.5. The Morgan fingerprint density at radius 1 is 0.716 bits per heavy atom. The number of anilines is 3. The van der Waals surface area contributed by atoms with Gasteiger partial charge in [0.1, 0.15) is 30.2 Å². The molecule has 0 radical (unpaired) electrons. The van der Waals surface area contributed by atoms with E-state index in [9.17, 15) is 33.6 Å². The Labute approximate surface area is 508 Å². The van der Waals surface area contributed by atoms with Crippen molar-refractivity contribution < 1.29 is 76.2 Å². The van der Waals surface area contributed by atoms with Gasteiger partial charge in [-0.3, -0.25) is 24.1 Å². The lowest BCUT2D eigenvalue weighted by Crippen LogP contribution is -2.64. The Hall–Kier alpha value is -9.49. The molecule has 466 valence electrons. The van der Waals surface area contributed by atoms with E-state index < -0.39 is 72.7 Å². The molecule has 0 saturated carbocycles. The third kappa shape index (κ3) is 15.5. The summed E-state index contributed by atoms with van der Waals surface area (Å²) < 4.78 is 53.2. The number of carbonyl (C=O) groups is 7. The molecule has 2 aromatic heterocycles. The number of unbranched alkanes of at least 4 members (excludes halogenated alkanes) is 2. The van der Waals surface area contributed by atoms with E-state index >= 15 is 0 Å². The number of nitrogen functional groups attached to an aromatic ring is 1. The highest BCUT2D eigenvalue weighted by Crippen LogP contribution is 2.45. The van der Waals surface area contributed by atoms with Crippen LogP contribution in [-0.2, 0) is 76.8 Å². The highest BCUT2D eigenvalue weighted by Gasteiger charge is 2.56. The van der Waals surface area contributed by atoms with Crippen molar-refractivity contribution in [2.75, 3.05) is 76.5 Å². The van der Waals surface area contributed by atoms with Crippen molar-refractivity contribution in [3.05, 3.63) is 125 Å². The number of hydrogen-bond donors (Lipinski definition) is 4. The molecule has 6 aromatic rings. The summed E-state index contributed by atoms with van der Waals surface area (Å²) >= 11 is 0. The molecule has 9 rings (SSSR count). The number of fused-ring (bicyclic) bond motifs is 4. The van der Waals surface area contributed by atoms with Crippen LogP contribution < -0.4 is 31.2 Å². The second kappa shape index (κ2) is 29.3. The lowest BCUT2D eigenvalue weighted by molar-refractivity contribution is -0.282. The van der Waals surface area contributed by atoms with Gasteiger partial charge in [0, 0.05) is 90.7 Å². The highest BCUT2D eigenvalue weighted by atomic mass is 16.7. The van der Waals surface area contributed by atoms with Crippen molar-refractivity contribution in [1.29, 1.82) is 0 Å². The molecule has 88 heavy (non-hydrogen) atoms. The molecule has 0 spiro atoms. The van der Waals surface area contributed by atoms with Crippen LogP contribution in [0.25, 0.3) is 22.2 Å². The fourth-order valence-electron chi connectivity index (χ4n) is 11.1. The molecule has 5 atom stereocenters. The van der Waals surface area contributed by atoms with Gasteiger partial charge < -0.3 is 73.8 Å². The summed E-state index contributed by atoms with van der Waals surface area (Å²) in [6.45, 7) is 8.72. The van der Waals surface area contributed by atoms with Crippen molar-refractivity contribution in [2.24, 2.45) is 0 Å². The molecular weight excluding hydrogens is 1140 g/mol. The second-order valence-electron chi connectivity index (χ2n) is 21.4. The summed E-state index contributed by atoms with van der Waals surface area (Å²) in [7, 11) is 2.70. The largest absolute Gasteiger partial charge is 0.496 e. The lowest BCUT2D eigenvalue weighted by Gasteiger charge is -2.43. The zero-order valence-electron chi connectivity index (χ0n) is 49.9. The number of benzene rings is 4. The molecule has 5 N–H and O–H groups in total. The van der Waals surface area contributed by atoms with E-state index in [0.717, 1.165) is 104 Å². The quantitative estimate of drug-likeness (QED) is 0.0268. The van der Waals surface area contributed by atoms with Gasteiger partial charge in [0.15, 0.2) is 24.1 Å². The maximum Gasteiger partial charge on any atom is 0.410 e. The van der Waals surface area contributed by atoms with Gasteiger partial charge in [-0.05, 0) is 64.1 Å². The van der Waals surface area contributed by atoms with Crippen LogP contribution in [0.1, 0.15) is 87.1 Å². The van der Waals surface area contributed by atoms with Crippen molar-refractivity contribution in [3.63, 3.8) is 0 Å². The van der Waals surface area contributed by atoms with E-state index in [-0.39, 0.29) is 49.5 Å². The predicted molar refractivity (Wildman–Crippen MR) is 320 cm³/mol. The van der Waals surface area contributed by atoms with Crippen LogP contribution in [-0.4, -0.2) is 157 Å². The number of carbonyl (C=O) groups excluding carboxylic acids is 7. The van der Waals surface area contributed by atoms with E-state index in [1.54, 1.807) is 12.0 Å². The van der Waals surface area contributed by atoms with Crippen LogP contribution in [0.4, 0.5) is 27.0 Å². The third-order valence-corrected chi connectivity index (χ3v) is 15.2. The molecule has 25 nitrogen and oxygen atoms in total. The fourth-order valence-corrected chi connectivity index (χ4v) is 11.1. The number of nitrogens with one attached hydrogen (secondary N) is 3. The van der Waals surface area contributed by atoms with Gasteiger partial charge in [-0.15, -0.1) is 0 Å². The monoisotopic (exact) mass is 1210 g/mol. The molecule has 3 aliphatic rings. The first kappa shape index (κ1) is 63.0. The van der Waals surface area contributed by atoms with Crippen LogP contribution in [0, 0.1) is 0 Å². The predicted octanol–water partition coefficient (Wildman–Crippen LogP) is 7.07. The topological polar surface area (TPSA) is 302 Å². The molecule has 1 aliphatic carbocycles. The van der Waals surface area contributed by atoms with Gasteiger partial charge in [0.2, 0.25) is 24.2 Å². The molecule has 0 bridgehead atoms. The average Bonchev–Trinajstić information content (AvgIpc) is 2.99. The number of methoxy groups -OCH3 is 2. The molecule has 2 aliphatic heterocycles. The summed E-state index contributed by atoms with van der Waals surface area (Å²) in [6.07, 6.45) is -4.94. The highest BCUT2D eigenvalue weighted by molar-refractivity contribution is 5.93. The summed E-state index contributed by atoms with van der Waals surface area (Å²) in [6, 6.07) is 28.3. The summed E-state index contributed by atoms with van der Waals surface area (Å²) in [5.41, 5.74) is 14.3. The summed E-state index contributed by atoms with van der Waals surface area (Å²) in [4.78, 5) is 104. The average molecular weight is 1210 g/mol. The van der Waals surface area contributed by atoms with Gasteiger partial charge >= 0.3 is 36.1 Å². The van der Waals surface area contributed by atoms with E-state index in [1.165, 1.54) is 18.2 Å². The Morgan fingerprint density at radius 2 is 1.40 bits per heavy atom. The van der Waals surface area contributed by atoms with Crippen LogP contribution in [0.15, 0.2) is 97.2 Å². The molecule has 2 saturated heterocycles. The molecule has 4 aromatic carbocycles. The van der Waals surface area contributed by atoms with Crippen LogP contribution in [0.2, 0.25) is 0 Å². The number of hydrogen-bond acceptors (Lipinski definition) is 21. The van der Waals surface area contributed by atoms with Crippen LogP contribution in [0.5, 0.6) is 11.5 Å². The fraction of sp³-hybridized carbons (Fsp3) is 0.413. The van der Waals surface area contributed by atoms with Crippen molar-refractivity contribution in [1.82, 2.24) is 29.7 Å². The van der Waals surface area contributed by atoms with Gasteiger partial charge in [0.25, 0.3) is 0 Å². The second-order valence-corrected chi connectivity index (χ2v) is 21.4. The van der Waals surface area contributed by atoms with Crippen molar-refractivity contribution >= 4 is 70.5 Å². The number of esters is 4. The SMILES string of the molecule is CCCCCNc1nc(N)nc2ccn(Cc3ccc(CN4CCN(C(=O)OCc5ccc(O[C@@H]6O[C@H](C(=O)OC)[C@@H](OC(C)=O)[C@H](OC(C)=O)[C@H]6OC(C)=O)c(NC(=O)CCNC(=O)OCC6c7ccccc7-c7ccccc76)c5)CC4)cc3OC)c12. The number of ether oxygens (including phenoxy) is 9. The molecule has 3 amide bonds. The maximum atomic E-state index is 13.8. The Bertz CT molecular complexity index is 3470. The number of amides is 3. The first-order valence-corrected chi connectivity index (χ1v) is 29.1. The minimum atomic E-state index is -1.77. The molecular formula is C63H73N9O16. The number of aromatic nitrogens is 3. The van der Waals surface area contributed by atoms with Gasteiger partial charge in [-0.1, -0.05) is 86.5 Å². The van der Waals surface area contributed by atoms with E-state index in [0.29, 0.717) is 50.6 Å². The molecule has 4 heterocycles. The van der Waals surface area contributed by atoms with Gasteiger partial charge in [0.05, 0.1) is 32.0 Å². The van der Waals surface area contributed by atoms with Gasteiger partial charge in [-0.25, -0.2) is 19.4 Å². The van der Waals surface area contributed by atoms with Crippen LogP contribution >= 0.6 is 0 Å². The maximum absolute atomic E-state index is 13.8. The van der Waals surface area contributed by atoms with E-state index in [1.807, 2.05) is 66.9 Å². The molecule has 2 fully saturated rings. The lowest BCUT2D eigenvalue weighted by atomic mass is 9.97. The number of piperazine rings is 1. The number of nitrogens with zero attached hydrogens (tertiary/aromatic N) is 5. The standard InChI is InChI=1S/C63H73N9O16/c1-7-8-13-24-65-58-53-48(68-61(64)69-58)23-26-72(53)34-42-20-18-40(32-51(42)80-5)33-70-27-29-71(30-28-70)63(79)83-35-41-19-21-50(87-60-57(86-39(4)75)55(85-38(3)74)54(84-37(2)73)56(88-60)59(77)81-6)49(31-41)67-52(76)22-25-66-62(78)82-36-47-45-16-11-9-14-43(45)44-15-10-12-17-46(44)47/h9-12,14-21,23,26,31-32,47,54-57,60H,7-8,13,22,24-25,27-30,33-36H2,1-6H3,(H,66,78)(H,67,76)(H3,64,65,68,69)/t54-,55-,56-,57+,60+/m0/s1. The molecule has 25 heteroatoms. The smallest absolute Gasteiger partial charge is 0.410 e. The number of alkyl carbamates (subject to hydrolysis) is 1. The van der Waals surface area contributed by atoms with Crippen molar-refractivity contribution in [3.8, 4) is 22.6 Å². The summed E-state index contributed by atoms with van der Waals surface area (Å²) in [5.74, 6) is -3.02. The summed E-state index contributed by atoms with van der Waals surface area (Å²) in [5, 5.41) is 8.84. The number of rotatable bonds is 24. The van der Waals surface area contributed by atoms with E-state index in [4.69, 9.17) is 48.4 Å². The first-order valence-electron chi connectivity index (χ1n) is 29.1. The zero-order valence-corrected chi connectivity index (χ0v) is 49.9. The van der Waals surface area contributed by atoms with E-state index in [2.05, 4.69) is 54.4 Å². The number of nitrogens with two attached hydrogens (primary N) is 1. The minimum absolute atomic E-state index is 0.0121. The minimum Gasteiger partial charge on any atom is -0.496 e. The van der Waals surface area contributed by atoms with Crippen LogP contribution in [0.3, 0.4) is 0 Å². The third-order valence-electron chi connectivity index (χ3n) is 15.2. The Kier molecular flexibility index (Phi) is 21.0. The molecule has 0 unspecified atom stereocenters. The van der Waals surface area contributed by atoms with Gasteiger partial charge in [-0.2, -0.15) is 4.98 Å². The normalized spacial score (nSPS) is 18.0. The Balaban J connectivity index is 0.848.